The Kier molecular flexibility index (Phi) is 2.20. The van der Waals surface area contributed by atoms with E-state index >= 15 is 0 Å². The molecule has 1 heterocycles. The molecule has 1 rings (SSSR count). The second-order valence-corrected chi connectivity index (χ2v) is 5.28. The van der Waals surface area contributed by atoms with Gasteiger partial charge in [-0.25, -0.2) is 22.7 Å². The summed E-state index contributed by atoms with van der Waals surface area (Å²) in [6, 6.07) is 1.04. The molecule has 0 spiro atoms. The molecule has 0 fully saturated rings. The number of hydrogen-bond donors (Lipinski definition) is 2. The molecule has 0 saturated carbocycles. The first kappa shape index (κ1) is 10.2. The summed E-state index contributed by atoms with van der Waals surface area (Å²) in [5.74, 6) is 0. The molecule has 4 N–H and O–H groups in total. The van der Waals surface area contributed by atoms with Crippen LogP contribution in [0.25, 0.3) is 0 Å². The molecule has 0 bridgehead atoms. The average Bonchev–Trinajstić information content (AvgIpc) is 2.28. The Labute approximate surface area is 75.2 Å². The van der Waals surface area contributed by atoms with E-state index < -0.39 is 20.2 Å². The van der Waals surface area contributed by atoms with Crippen molar-refractivity contribution in [3.05, 3.63) is 18.5 Å². The summed E-state index contributed by atoms with van der Waals surface area (Å²) in [5, 5.41) is 9.45. The molecule has 0 amide bonds. The lowest BCUT2D eigenvalue weighted by molar-refractivity contribution is 0.589. The van der Waals surface area contributed by atoms with Gasteiger partial charge in [0, 0.05) is 12.4 Å². The third-order valence-electron chi connectivity index (χ3n) is 1.26. The molecule has 0 aliphatic heterocycles. The Balaban J connectivity index is 3.32. The van der Waals surface area contributed by atoms with Crippen LogP contribution in [0.1, 0.15) is 0 Å². The molecule has 0 aromatic carbocycles. The maximum atomic E-state index is 10.7. The molecule has 1 aromatic rings. The van der Waals surface area contributed by atoms with Gasteiger partial charge >= 0.3 is 10.2 Å². The van der Waals surface area contributed by atoms with E-state index in [0.29, 0.717) is 3.97 Å². The van der Waals surface area contributed by atoms with Crippen LogP contribution in [0.5, 0.6) is 0 Å². The first-order valence-electron chi connectivity index (χ1n) is 2.95. The SMILES string of the molecule is NS(=O)(=O)c1ccn(S(N)(=O)=O)c1. The second kappa shape index (κ2) is 2.80. The Morgan fingerprint density at radius 1 is 1.15 bits per heavy atom. The summed E-state index contributed by atoms with van der Waals surface area (Å²) in [6.45, 7) is 0. The van der Waals surface area contributed by atoms with Crippen molar-refractivity contribution in [2.24, 2.45) is 10.3 Å². The Morgan fingerprint density at radius 3 is 1.92 bits per heavy atom. The lowest BCUT2D eigenvalue weighted by Gasteiger charge is -1.95. The van der Waals surface area contributed by atoms with Gasteiger partial charge in [-0.3, -0.25) is 0 Å². The lowest BCUT2D eigenvalue weighted by atomic mass is 10.7. The van der Waals surface area contributed by atoms with Gasteiger partial charge in [-0.2, -0.15) is 8.42 Å². The van der Waals surface area contributed by atoms with E-state index in [-0.39, 0.29) is 4.90 Å². The van der Waals surface area contributed by atoms with Gasteiger partial charge in [0.2, 0.25) is 10.0 Å². The third-order valence-corrected chi connectivity index (χ3v) is 2.98. The number of rotatable bonds is 2. The molecule has 7 nitrogen and oxygen atoms in total. The summed E-state index contributed by atoms with van der Waals surface area (Å²) in [4.78, 5) is -0.304. The van der Waals surface area contributed by atoms with Crippen molar-refractivity contribution in [3.8, 4) is 0 Å². The lowest BCUT2D eigenvalue weighted by Crippen LogP contribution is -2.20. The van der Waals surface area contributed by atoms with Gasteiger partial charge in [0.05, 0.1) is 0 Å². The molecular weight excluding hydrogens is 218 g/mol. The third kappa shape index (κ3) is 2.28. The monoisotopic (exact) mass is 225 g/mol. The van der Waals surface area contributed by atoms with Crippen LogP contribution in [0.4, 0.5) is 0 Å². The number of primary sulfonamides is 1. The number of nitrogens with zero attached hydrogens (tertiary/aromatic N) is 1. The molecular formula is C4H7N3O4S2. The van der Waals surface area contributed by atoms with Gasteiger partial charge in [0.15, 0.2) is 0 Å². The van der Waals surface area contributed by atoms with Crippen LogP contribution in [0, 0.1) is 0 Å². The van der Waals surface area contributed by atoms with Gasteiger partial charge < -0.3 is 0 Å². The Hall–Kier alpha value is -0.900. The fraction of sp³-hybridized carbons (Fsp3) is 0. The van der Waals surface area contributed by atoms with Crippen molar-refractivity contribution in [2.45, 2.75) is 4.90 Å². The van der Waals surface area contributed by atoms with Crippen molar-refractivity contribution < 1.29 is 16.8 Å². The fourth-order valence-corrected chi connectivity index (χ4v) is 1.75. The van der Waals surface area contributed by atoms with Crippen LogP contribution in [-0.4, -0.2) is 20.8 Å². The minimum absolute atomic E-state index is 0.304. The minimum atomic E-state index is -3.95. The summed E-state index contributed by atoms with van der Waals surface area (Å²) in [7, 11) is -7.83. The van der Waals surface area contributed by atoms with E-state index in [2.05, 4.69) is 0 Å². The zero-order valence-electron chi connectivity index (χ0n) is 6.28. The molecule has 0 aliphatic rings. The quantitative estimate of drug-likeness (QED) is 0.615. The van der Waals surface area contributed by atoms with Crippen LogP contribution in [0.3, 0.4) is 0 Å². The van der Waals surface area contributed by atoms with Crippen LogP contribution < -0.4 is 10.3 Å². The van der Waals surface area contributed by atoms with Gasteiger partial charge in [-0.05, 0) is 6.07 Å². The van der Waals surface area contributed by atoms with Gasteiger partial charge in [-0.15, -0.1) is 0 Å². The number of nitrogens with two attached hydrogens (primary N) is 2. The zero-order chi connectivity index (χ0) is 10.3. The standard InChI is InChI=1S/C4H7N3O4S2/c5-12(8,9)4-1-2-7(3-4)13(6,10)11/h1-3H,(H2,5,8,9)(H2,6,10,11). The topological polar surface area (TPSA) is 125 Å². The summed E-state index contributed by atoms with van der Waals surface area (Å²) >= 11 is 0. The highest BCUT2D eigenvalue weighted by molar-refractivity contribution is 7.89. The van der Waals surface area contributed by atoms with Crippen LogP contribution in [0.15, 0.2) is 23.4 Å². The van der Waals surface area contributed by atoms with Gasteiger partial charge in [0.25, 0.3) is 0 Å². The highest BCUT2D eigenvalue weighted by Gasteiger charge is 2.12. The Morgan fingerprint density at radius 2 is 1.69 bits per heavy atom. The summed E-state index contributed by atoms with van der Waals surface area (Å²) in [5.41, 5.74) is 0. The van der Waals surface area contributed by atoms with Crippen molar-refractivity contribution in [2.75, 3.05) is 0 Å². The maximum Gasteiger partial charge on any atom is 0.302 e. The zero-order valence-corrected chi connectivity index (χ0v) is 7.92. The number of aromatic nitrogens is 1. The van der Waals surface area contributed by atoms with Crippen LogP contribution in [-0.2, 0) is 20.2 Å². The predicted molar refractivity (Wildman–Crippen MR) is 44.3 cm³/mol. The molecule has 0 aliphatic carbocycles. The normalized spacial score (nSPS) is 13.1. The van der Waals surface area contributed by atoms with Crippen molar-refractivity contribution >= 4 is 20.2 Å². The molecule has 0 saturated heterocycles. The predicted octanol–water partition coefficient (Wildman–Crippen LogP) is -1.81. The molecule has 9 heteroatoms. The molecule has 0 unspecified atom stereocenters. The van der Waals surface area contributed by atoms with Crippen molar-refractivity contribution in [3.63, 3.8) is 0 Å². The summed E-state index contributed by atoms with van der Waals surface area (Å²) in [6.07, 6.45) is 1.82. The Bertz CT molecular complexity index is 465. The van der Waals surface area contributed by atoms with Gasteiger partial charge in [-0.1, -0.05) is 0 Å². The highest BCUT2D eigenvalue weighted by Crippen LogP contribution is 2.07. The number of hydrogen-bond acceptors (Lipinski definition) is 4. The van der Waals surface area contributed by atoms with Crippen LogP contribution in [0.2, 0.25) is 0 Å². The van der Waals surface area contributed by atoms with E-state index in [1.165, 1.54) is 0 Å². The first-order valence-corrected chi connectivity index (χ1v) is 6.00. The second-order valence-electron chi connectivity index (χ2n) is 2.27. The maximum absolute atomic E-state index is 10.7. The van der Waals surface area contributed by atoms with Gasteiger partial charge in [0.1, 0.15) is 4.90 Å². The van der Waals surface area contributed by atoms with Crippen molar-refractivity contribution in [1.82, 2.24) is 3.97 Å². The average molecular weight is 225 g/mol. The van der Waals surface area contributed by atoms with E-state index in [1.54, 1.807) is 0 Å². The molecule has 13 heavy (non-hydrogen) atoms. The largest absolute Gasteiger partial charge is 0.302 e. The van der Waals surface area contributed by atoms with Crippen LogP contribution >= 0.6 is 0 Å². The summed E-state index contributed by atoms with van der Waals surface area (Å²) < 4.78 is 43.3. The fourth-order valence-electron chi connectivity index (χ4n) is 0.685. The molecule has 0 atom stereocenters. The molecule has 1 aromatic heterocycles. The molecule has 74 valence electrons. The van der Waals surface area contributed by atoms with E-state index in [0.717, 1.165) is 18.5 Å². The number of sulfonamides is 1. The van der Waals surface area contributed by atoms with Crippen molar-refractivity contribution in [1.29, 1.82) is 0 Å². The van der Waals surface area contributed by atoms with E-state index in [9.17, 15) is 16.8 Å². The minimum Gasteiger partial charge on any atom is -0.239 e. The van der Waals surface area contributed by atoms with E-state index in [1.807, 2.05) is 0 Å². The smallest absolute Gasteiger partial charge is 0.239 e. The highest BCUT2D eigenvalue weighted by atomic mass is 32.2. The molecule has 0 radical (unpaired) electrons. The first-order chi connectivity index (χ1) is 5.71. The van der Waals surface area contributed by atoms with E-state index in [4.69, 9.17) is 10.3 Å².